The normalized spacial score (nSPS) is 23.4. The molecule has 1 amide bonds. The maximum absolute atomic E-state index is 13.9. The van der Waals surface area contributed by atoms with E-state index in [9.17, 15) is 17.6 Å². The number of hydrogen-bond donors (Lipinski definition) is 0. The molecule has 0 radical (unpaired) electrons. The number of aromatic nitrogens is 1. The van der Waals surface area contributed by atoms with Crippen LogP contribution in [0.1, 0.15) is 23.2 Å². The van der Waals surface area contributed by atoms with Gasteiger partial charge in [-0.05, 0) is 37.0 Å². The summed E-state index contributed by atoms with van der Waals surface area (Å²) in [4.78, 5) is 18.9. The molecule has 0 bridgehead atoms. The summed E-state index contributed by atoms with van der Waals surface area (Å²) in [5, 5.41) is 0.563. The standard InChI is InChI=1S/C17H17FN2O3S/c18-13-8-12-2-1-5-19-16(12)14(9-13)17(21)20-6-7-24(22,23)10-15(20)11-3-4-11/h1-2,5,8-9,11,15H,3-4,6-7,10H2. The third kappa shape index (κ3) is 2.77. The number of carbonyl (C=O) groups is 1. The van der Waals surface area contributed by atoms with Gasteiger partial charge in [0.05, 0.1) is 22.6 Å². The van der Waals surface area contributed by atoms with Crippen LogP contribution in [-0.4, -0.2) is 48.3 Å². The highest BCUT2D eigenvalue weighted by atomic mass is 32.2. The van der Waals surface area contributed by atoms with E-state index in [0.29, 0.717) is 10.9 Å². The van der Waals surface area contributed by atoms with Crippen LogP contribution in [0, 0.1) is 11.7 Å². The molecule has 24 heavy (non-hydrogen) atoms. The van der Waals surface area contributed by atoms with Crippen molar-refractivity contribution >= 4 is 26.6 Å². The SMILES string of the molecule is O=C(c1cc(F)cc2cccnc12)N1CCS(=O)(=O)CC1C1CC1. The minimum atomic E-state index is -3.12. The lowest BCUT2D eigenvalue weighted by Crippen LogP contribution is -2.52. The first kappa shape index (κ1) is 15.5. The minimum absolute atomic E-state index is 0.00405. The predicted molar refractivity (Wildman–Crippen MR) is 87.9 cm³/mol. The fraction of sp³-hybridized carbons (Fsp3) is 0.412. The van der Waals surface area contributed by atoms with Gasteiger partial charge in [-0.1, -0.05) is 6.07 Å². The molecular formula is C17H17FN2O3S. The van der Waals surface area contributed by atoms with E-state index >= 15 is 0 Å². The van der Waals surface area contributed by atoms with Crippen LogP contribution in [0.3, 0.4) is 0 Å². The van der Waals surface area contributed by atoms with E-state index in [1.54, 1.807) is 23.2 Å². The summed E-state index contributed by atoms with van der Waals surface area (Å²) in [7, 11) is -3.12. The Hall–Kier alpha value is -2.02. The van der Waals surface area contributed by atoms with Gasteiger partial charge in [0.1, 0.15) is 5.82 Å². The Balaban J connectivity index is 1.75. The molecule has 0 spiro atoms. The molecule has 126 valence electrons. The zero-order valence-corrected chi connectivity index (χ0v) is 13.8. The molecule has 2 fully saturated rings. The average Bonchev–Trinajstić information content (AvgIpc) is 3.37. The molecule has 2 heterocycles. The van der Waals surface area contributed by atoms with Gasteiger partial charge in [0, 0.05) is 24.2 Å². The van der Waals surface area contributed by atoms with Gasteiger partial charge in [-0.25, -0.2) is 12.8 Å². The van der Waals surface area contributed by atoms with Gasteiger partial charge in [-0.2, -0.15) is 0 Å². The number of rotatable bonds is 2. The van der Waals surface area contributed by atoms with Gasteiger partial charge in [0.15, 0.2) is 9.84 Å². The number of fused-ring (bicyclic) bond motifs is 1. The monoisotopic (exact) mass is 348 g/mol. The molecule has 2 aliphatic rings. The minimum Gasteiger partial charge on any atom is -0.333 e. The Morgan fingerprint density at radius 1 is 1.29 bits per heavy atom. The van der Waals surface area contributed by atoms with Crippen molar-refractivity contribution in [3.05, 3.63) is 41.8 Å². The number of sulfone groups is 1. The molecule has 1 aromatic heterocycles. The first-order chi connectivity index (χ1) is 11.4. The zero-order chi connectivity index (χ0) is 16.9. The molecule has 1 saturated heterocycles. The second-order valence-corrected chi connectivity index (χ2v) is 8.77. The average molecular weight is 348 g/mol. The summed E-state index contributed by atoms with van der Waals surface area (Å²) in [5.41, 5.74) is 0.655. The van der Waals surface area contributed by atoms with Crippen LogP contribution in [0.4, 0.5) is 4.39 Å². The molecule has 1 aliphatic heterocycles. The molecule has 1 aliphatic carbocycles. The molecule has 7 heteroatoms. The maximum atomic E-state index is 13.9. The molecule has 4 rings (SSSR count). The van der Waals surface area contributed by atoms with Gasteiger partial charge >= 0.3 is 0 Å². The van der Waals surface area contributed by atoms with Crippen LogP contribution in [0.2, 0.25) is 0 Å². The van der Waals surface area contributed by atoms with E-state index in [0.717, 1.165) is 12.8 Å². The van der Waals surface area contributed by atoms with Crippen molar-refractivity contribution in [3.63, 3.8) is 0 Å². The second kappa shape index (κ2) is 5.51. The van der Waals surface area contributed by atoms with Crippen LogP contribution in [0.15, 0.2) is 30.5 Å². The van der Waals surface area contributed by atoms with Gasteiger partial charge in [0.25, 0.3) is 5.91 Å². The van der Waals surface area contributed by atoms with Gasteiger partial charge in [-0.15, -0.1) is 0 Å². The van der Waals surface area contributed by atoms with Crippen molar-refractivity contribution in [3.8, 4) is 0 Å². The maximum Gasteiger partial charge on any atom is 0.256 e. The van der Waals surface area contributed by atoms with Gasteiger partial charge in [0.2, 0.25) is 0 Å². The van der Waals surface area contributed by atoms with Gasteiger partial charge < -0.3 is 4.90 Å². The lowest BCUT2D eigenvalue weighted by atomic mass is 10.1. The number of halogens is 1. The molecule has 0 N–H and O–H groups in total. The van der Waals surface area contributed by atoms with Crippen molar-refractivity contribution in [1.29, 1.82) is 0 Å². The van der Waals surface area contributed by atoms with E-state index in [2.05, 4.69) is 4.98 Å². The van der Waals surface area contributed by atoms with Crippen molar-refractivity contribution in [2.75, 3.05) is 18.1 Å². The highest BCUT2D eigenvalue weighted by Crippen LogP contribution is 2.38. The molecule has 5 nitrogen and oxygen atoms in total. The van der Waals surface area contributed by atoms with E-state index in [1.807, 2.05) is 0 Å². The van der Waals surface area contributed by atoms with Crippen LogP contribution in [-0.2, 0) is 9.84 Å². The van der Waals surface area contributed by atoms with E-state index in [-0.39, 0.29) is 41.5 Å². The summed E-state index contributed by atoms with van der Waals surface area (Å²) in [5.74, 6) is -0.625. The molecule has 2 aromatic rings. The Kier molecular flexibility index (Phi) is 3.56. The van der Waals surface area contributed by atoms with Crippen LogP contribution in [0.25, 0.3) is 10.9 Å². The Bertz CT molecular complexity index is 925. The molecule has 1 aromatic carbocycles. The van der Waals surface area contributed by atoms with Crippen LogP contribution < -0.4 is 0 Å². The third-order valence-corrected chi connectivity index (χ3v) is 6.45. The van der Waals surface area contributed by atoms with E-state index < -0.39 is 15.7 Å². The number of benzene rings is 1. The summed E-state index contributed by atoms with van der Waals surface area (Å²) >= 11 is 0. The number of pyridine rings is 1. The van der Waals surface area contributed by atoms with Crippen molar-refractivity contribution in [2.45, 2.75) is 18.9 Å². The summed E-state index contributed by atoms with van der Waals surface area (Å²) < 4.78 is 37.8. The summed E-state index contributed by atoms with van der Waals surface area (Å²) in [6, 6.07) is 5.64. The predicted octanol–water partition coefficient (Wildman–Crippen LogP) is 2.02. The number of carbonyl (C=O) groups excluding carboxylic acids is 1. The first-order valence-corrected chi connectivity index (χ1v) is 9.82. The van der Waals surface area contributed by atoms with Crippen molar-refractivity contribution in [1.82, 2.24) is 9.88 Å². The lowest BCUT2D eigenvalue weighted by Gasteiger charge is -2.36. The molecule has 1 unspecified atom stereocenters. The molecule has 1 atom stereocenters. The van der Waals surface area contributed by atoms with Crippen LogP contribution >= 0.6 is 0 Å². The summed E-state index contributed by atoms with van der Waals surface area (Å²) in [6.45, 7) is 0.160. The number of nitrogens with zero attached hydrogens (tertiary/aromatic N) is 2. The van der Waals surface area contributed by atoms with Crippen LogP contribution in [0.5, 0.6) is 0 Å². The van der Waals surface area contributed by atoms with E-state index in [4.69, 9.17) is 0 Å². The zero-order valence-electron chi connectivity index (χ0n) is 13.0. The fourth-order valence-electron chi connectivity index (χ4n) is 3.43. The quantitative estimate of drug-likeness (QED) is 0.833. The molecular weight excluding hydrogens is 331 g/mol. The topological polar surface area (TPSA) is 67.3 Å². The highest BCUT2D eigenvalue weighted by molar-refractivity contribution is 7.91. The number of hydrogen-bond acceptors (Lipinski definition) is 4. The number of amides is 1. The summed E-state index contributed by atoms with van der Waals surface area (Å²) in [6.07, 6.45) is 3.44. The lowest BCUT2D eigenvalue weighted by molar-refractivity contribution is 0.0680. The smallest absolute Gasteiger partial charge is 0.256 e. The molecule has 1 saturated carbocycles. The van der Waals surface area contributed by atoms with Crippen molar-refractivity contribution in [2.24, 2.45) is 5.92 Å². The van der Waals surface area contributed by atoms with Crippen molar-refractivity contribution < 1.29 is 17.6 Å². The third-order valence-electron chi connectivity index (χ3n) is 4.80. The fourth-order valence-corrected chi connectivity index (χ4v) is 5.05. The van der Waals surface area contributed by atoms with E-state index in [1.165, 1.54) is 12.1 Å². The Morgan fingerprint density at radius 3 is 2.83 bits per heavy atom. The highest BCUT2D eigenvalue weighted by Gasteiger charge is 2.43. The first-order valence-electron chi connectivity index (χ1n) is 8.00. The largest absolute Gasteiger partial charge is 0.333 e. The van der Waals surface area contributed by atoms with Gasteiger partial charge in [-0.3, -0.25) is 9.78 Å². The Labute approximate surface area is 139 Å². The second-order valence-electron chi connectivity index (χ2n) is 6.55. The Morgan fingerprint density at radius 2 is 2.08 bits per heavy atom.